The summed E-state index contributed by atoms with van der Waals surface area (Å²) >= 11 is 0. The van der Waals surface area contributed by atoms with Crippen molar-refractivity contribution in [3.8, 4) is 0 Å². The van der Waals surface area contributed by atoms with Gasteiger partial charge in [0.15, 0.2) is 5.82 Å². The molecule has 2 amide bonds. The van der Waals surface area contributed by atoms with Gasteiger partial charge < -0.3 is 15.2 Å². The maximum atomic E-state index is 12.5. The molecule has 0 spiro atoms. The molecule has 0 saturated heterocycles. The summed E-state index contributed by atoms with van der Waals surface area (Å²) in [5.74, 6) is 0.623. The quantitative estimate of drug-likeness (QED) is 0.758. The Morgan fingerprint density at radius 2 is 1.96 bits per heavy atom. The standard InChI is InChI=1S/C19H26N4O3/c1-5-14-9-7-8-10-15(14)20-18(24)12-23(4)16(6-2)19(25)21-17-11-13(3)26-22-17/h7-11,16H,5-6,12H2,1-4H3,(H,20,24)(H,21,22,25)/t16-/m0/s1. The van der Waals surface area contributed by atoms with E-state index >= 15 is 0 Å². The molecule has 2 aromatic rings. The van der Waals surface area contributed by atoms with E-state index in [0.29, 0.717) is 18.0 Å². The van der Waals surface area contributed by atoms with Gasteiger partial charge in [0.25, 0.3) is 0 Å². The van der Waals surface area contributed by atoms with Crippen molar-refractivity contribution in [3.63, 3.8) is 0 Å². The number of amides is 2. The number of carbonyl (C=O) groups is 2. The van der Waals surface area contributed by atoms with Crippen LogP contribution in [-0.4, -0.2) is 41.5 Å². The van der Waals surface area contributed by atoms with Crippen LogP contribution < -0.4 is 10.6 Å². The molecule has 1 aromatic carbocycles. The molecule has 0 aliphatic carbocycles. The number of nitrogens with one attached hydrogen (secondary N) is 2. The predicted octanol–water partition coefficient (Wildman–Crippen LogP) is 2.83. The SMILES string of the molecule is CCc1ccccc1NC(=O)CN(C)[C@@H](CC)C(=O)Nc1cc(C)on1. The number of anilines is 2. The van der Waals surface area contributed by atoms with Crippen molar-refractivity contribution in [1.82, 2.24) is 10.1 Å². The van der Waals surface area contributed by atoms with Crippen LogP contribution in [0.25, 0.3) is 0 Å². The molecule has 140 valence electrons. The summed E-state index contributed by atoms with van der Waals surface area (Å²) in [4.78, 5) is 26.6. The highest BCUT2D eigenvalue weighted by Gasteiger charge is 2.24. The van der Waals surface area contributed by atoms with Gasteiger partial charge in [0.1, 0.15) is 5.76 Å². The smallest absolute Gasteiger partial charge is 0.242 e. The minimum Gasteiger partial charge on any atom is -0.360 e. The summed E-state index contributed by atoms with van der Waals surface area (Å²) in [7, 11) is 1.76. The maximum absolute atomic E-state index is 12.5. The average molecular weight is 358 g/mol. The van der Waals surface area contributed by atoms with Crippen molar-refractivity contribution in [2.24, 2.45) is 0 Å². The normalized spacial score (nSPS) is 12.0. The van der Waals surface area contributed by atoms with Gasteiger partial charge in [0, 0.05) is 11.8 Å². The van der Waals surface area contributed by atoms with E-state index in [1.807, 2.05) is 38.1 Å². The molecular formula is C19H26N4O3. The van der Waals surface area contributed by atoms with Crippen molar-refractivity contribution in [1.29, 1.82) is 0 Å². The lowest BCUT2D eigenvalue weighted by Crippen LogP contribution is -2.44. The van der Waals surface area contributed by atoms with Gasteiger partial charge in [-0.3, -0.25) is 14.5 Å². The van der Waals surface area contributed by atoms with E-state index in [0.717, 1.165) is 17.7 Å². The molecule has 0 unspecified atom stereocenters. The van der Waals surface area contributed by atoms with E-state index in [9.17, 15) is 9.59 Å². The number of rotatable bonds is 8. The van der Waals surface area contributed by atoms with Crippen LogP contribution in [0.1, 0.15) is 31.6 Å². The fourth-order valence-corrected chi connectivity index (χ4v) is 2.81. The van der Waals surface area contributed by atoms with E-state index in [2.05, 4.69) is 15.8 Å². The fraction of sp³-hybridized carbons (Fsp3) is 0.421. The first-order valence-corrected chi connectivity index (χ1v) is 8.76. The van der Waals surface area contributed by atoms with E-state index in [-0.39, 0.29) is 18.4 Å². The van der Waals surface area contributed by atoms with Gasteiger partial charge in [-0.1, -0.05) is 37.2 Å². The Balaban J connectivity index is 1.95. The Morgan fingerprint density at radius 1 is 1.23 bits per heavy atom. The lowest BCUT2D eigenvalue weighted by atomic mass is 10.1. The summed E-state index contributed by atoms with van der Waals surface area (Å²) in [6, 6.07) is 8.91. The Labute approximate surface area is 153 Å². The number of aromatic nitrogens is 1. The van der Waals surface area contributed by atoms with Crippen LogP contribution in [0.15, 0.2) is 34.9 Å². The van der Waals surface area contributed by atoms with Crippen LogP contribution in [0.5, 0.6) is 0 Å². The number of nitrogens with zero attached hydrogens (tertiary/aromatic N) is 2. The Morgan fingerprint density at radius 3 is 2.58 bits per heavy atom. The van der Waals surface area contributed by atoms with Crippen LogP contribution in [0, 0.1) is 6.92 Å². The average Bonchev–Trinajstić information content (AvgIpc) is 3.00. The lowest BCUT2D eigenvalue weighted by molar-refractivity contribution is -0.123. The highest BCUT2D eigenvalue weighted by molar-refractivity contribution is 5.96. The first-order chi connectivity index (χ1) is 12.4. The third-order valence-electron chi connectivity index (χ3n) is 4.17. The third-order valence-corrected chi connectivity index (χ3v) is 4.17. The molecular weight excluding hydrogens is 332 g/mol. The molecule has 0 aliphatic rings. The van der Waals surface area contributed by atoms with Crippen molar-refractivity contribution in [3.05, 3.63) is 41.7 Å². The van der Waals surface area contributed by atoms with Gasteiger partial charge in [-0.25, -0.2) is 0 Å². The molecule has 7 heteroatoms. The van der Waals surface area contributed by atoms with E-state index in [4.69, 9.17) is 4.52 Å². The molecule has 2 rings (SSSR count). The zero-order chi connectivity index (χ0) is 19.1. The van der Waals surface area contributed by atoms with Crippen molar-refractivity contribution in [2.75, 3.05) is 24.2 Å². The fourth-order valence-electron chi connectivity index (χ4n) is 2.81. The highest BCUT2D eigenvalue weighted by Crippen LogP contribution is 2.16. The van der Waals surface area contributed by atoms with Crippen LogP contribution in [0.3, 0.4) is 0 Å². The van der Waals surface area contributed by atoms with Crippen LogP contribution >= 0.6 is 0 Å². The van der Waals surface area contributed by atoms with E-state index in [1.165, 1.54) is 0 Å². The number of hydrogen-bond acceptors (Lipinski definition) is 5. The molecule has 2 N–H and O–H groups in total. The lowest BCUT2D eigenvalue weighted by Gasteiger charge is -2.25. The number of likely N-dealkylation sites (N-methyl/N-ethyl adjacent to an activating group) is 1. The van der Waals surface area contributed by atoms with Crippen LogP contribution in [0.4, 0.5) is 11.5 Å². The molecule has 0 aliphatic heterocycles. The first-order valence-electron chi connectivity index (χ1n) is 8.76. The zero-order valence-electron chi connectivity index (χ0n) is 15.7. The minimum atomic E-state index is -0.445. The summed E-state index contributed by atoms with van der Waals surface area (Å²) < 4.78 is 4.95. The molecule has 26 heavy (non-hydrogen) atoms. The van der Waals surface area contributed by atoms with Crippen molar-refractivity contribution < 1.29 is 14.1 Å². The molecule has 7 nitrogen and oxygen atoms in total. The summed E-state index contributed by atoms with van der Waals surface area (Å²) in [5, 5.41) is 9.41. The topological polar surface area (TPSA) is 87.5 Å². The Hall–Kier alpha value is -2.67. The van der Waals surface area contributed by atoms with Crippen LogP contribution in [-0.2, 0) is 16.0 Å². The molecule has 1 atom stereocenters. The predicted molar refractivity (Wildman–Crippen MR) is 101 cm³/mol. The maximum Gasteiger partial charge on any atom is 0.242 e. The number of aryl methyl sites for hydroxylation is 2. The second-order valence-electron chi connectivity index (χ2n) is 6.21. The van der Waals surface area contributed by atoms with Gasteiger partial charge in [-0.15, -0.1) is 0 Å². The number of carbonyl (C=O) groups excluding carboxylic acids is 2. The molecule has 0 fully saturated rings. The van der Waals surface area contributed by atoms with E-state index in [1.54, 1.807) is 24.9 Å². The second kappa shape index (κ2) is 9.15. The van der Waals surface area contributed by atoms with E-state index < -0.39 is 6.04 Å². The first kappa shape index (κ1) is 19.7. The van der Waals surface area contributed by atoms with Crippen LogP contribution in [0.2, 0.25) is 0 Å². The summed E-state index contributed by atoms with van der Waals surface area (Å²) in [6.07, 6.45) is 1.40. The molecule has 0 radical (unpaired) electrons. The number of para-hydroxylation sites is 1. The monoisotopic (exact) mass is 358 g/mol. The zero-order valence-corrected chi connectivity index (χ0v) is 15.7. The second-order valence-corrected chi connectivity index (χ2v) is 6.21. The number of hydrogen-bond donors (Lipinski definition) is 2. The Bertz CT molecular complexity index is 757. The van der Waals surface area contributed by atoms with Gasteiger partial charge in [0.2, 0.25) is 11.8 Å². The van der Waals surface area contributed by atoms with Gasteiger partial charge in [-0.05, 0) is 38.4 Å². The minimum absolute atomic E-state index is 0.113. The van der Waals surface area contributed by atoms with Crippen molar-refractivity contribution in [2.45, 2.75) is 39.7 Å². The molecule has 0 bridgehead atoms. The number of benzene rings is 1. The summed E-state index contributed by atoms with van der Waals surface area (Å²) in [5.41, 5.74) is 1.89. The third kappa shape index (κ3) is 5.16. The molecule has 1 heterocycles. The largest absolute Gasteiger partial charge is 0.360 e. The summed E-state index contributed by atoms with van der Waals surface area (Å²) in [6.45, 7) is 5.81. The Kier molecular flexibility index (Phi) is 6.91. The van der Waals surface area contributed by atoms with Gasteiger partial charge >= 0.3 is 0 Å². The van der Waals surface area contributed by atoms with Gasteiger partial charge in [0.05, 0.1) is 12.6 Å². The highest BCUT2D eigenvalue weighted by atomic mass is 16.5. The van der Waals surface area contributed by atoms with Gasteiger partial charge in [-0.2, -0.15) is 0 Å². The molecule has 1 aromatic heterocycles. The van der Waals surface area contributed by atoms with Crippen molar-refractivity contribution >= 4 is 23.3 Å². The molecule has 0 saturated carbocycles.